The van der Waals surface area contributed by atoms with Crippen LogP contribution in [0.3, 0.4) is 0 Å². The van der Waals surface area contributed by atoms with E-state index < -0.39 is 30.3 Å². The van der Waals surface area contributed by atoms with E-state index in [1.807, 2.05) is 0 Å². The number of hydrogen-bond acceptors (Lipinski definition) is 4. The second-order valence-corrected chi connectivity index (χ2v) is 3.38. The monoisotopic (exact) mass is 228 g/mol. The maximum atomic E-state index is 12.3. The van der Waals surface area contributed by atoms with Crippen LogP contribution in [0.5, 0.6) is 0 Å². The fourth-order valence-corrected chi connectivity index (χ4v) is 1.42. The zero-order chi connectivity index (χ0) is 11.7. The van der Waals surface area contributed by atoms with Gasteiger partial charge in [-0.05, 0) is 0 Å². The lowest BCUT2D eigenvalue weighted by Crippen LogP contribution is -2.51. The molecule has 0 aliphatic carbocycles. The topological polar surface area (TPSA) is 55.8 Å². The molecular formula is C8H11F3O4. The van der Waals surface area contributed by atoms with Gasteiger partial charge in [0.05, 0.1) is 13.7 Å². The van der Waals surface area contributed by atoms with Gasteiger partial charge < -0.3 is 14.6 Å². The summed E-state index contributed by atoms with van der Waals surface area (Å²) in [6.45, 7) is -0.324. The number of methoxy groups -OCH3 is 1. The third-order valence-electron chi connectivity index (χ3n) is 2.29. The summed E-state index contributed by atoms with van der Waals surface area (Å²) in [7, 11) is 1.01. The number of rotatable bonds is 1. The third-order valence-corrected chi connectivity index (χ3v) is 2.29. The molecule has 2 unspecified atom stereocenters. The van der Waals surface area contributed by atoms with E-state index in [0.29, 0.717) is 0 Å². The number of alkyl halides is 3. The molecule has 1 N–H and O–H groups in total. The fourth-order valence-electron chi connectivity index (χ4n) is 1.42. The van der Waals surface area contributed by atoms with Gasteiger partial charge in [0.25, 0.3) is 0 Å². The smallest absolute Gasteiger partial charge is 0.414 e. The highest BCUT2D eigenvalue weighted by Gasteiger charge is 2.51. The van der Waals surface area contributed by atoms with Crippen LogP contribution in [-0.4, -0.2) is 42.7 Å². The third kappa shape index (κ3) is 2.60. The number of ether oxygens (including phenoxy) is 2. The van der Waals surface area contributed by atoms with Crippen molar-refractivity contribution in [2.75, 3.05) is 13.7 Å². The molecule has 1 aliphatic rings. The van der Waals surface area contributed by atoms with E-state index in [1.54, 1.807) is 0 Å². The van der Waals surface area contributed by atoms with E-state index in [1.165, 1.54) is 0 Å². The number of aliphatic hydroxyl groups is 1. The summed E-state index contributed by atoms with van der Waals surface area (Å²) in [5.74, 6) is -1.06. The minimum atomic E-state index is -4.58. The standard InChI is InChI=1S/C8H11F3O4/c1-14-6(12)7(13)2-3-15-5(4-7)8(9,10)11/h5,13H,2-4H2,1H3. The number of carbonyl (C=O) groups is 1. The lowest BCUT2D eigenvalue weighted by atomic mass is 9.90. The lowest BCUT2D eigenvalue weighted by molar-refractivity contribution is -0.253. The van der Waals surface area contributed by atoms with Crippen molar-refractivity contribution in [2.45, 2.75) is 30.7 Å². The zero-order valence-corrected chi connectivity index (χ0v) is 8.00. The number of esters is 1. The number of hydrogen-bond donors (Lipinski definition) is 1. The Labute approximate surface area is 84.0 Å². The Morgan fingerprint density at radius 1 is 1.60 bits per heavy atom. The Kier molecular flexibility index (Phi) is 3.25. The molecule has 1 fully saturated rings. The van der Waals surface area contributed by atoms with Crippen molar-refractivity contribution in [3.63, 3.8) is 0 Å². The normalized spacial score (nSPS) is 32.5. The van der Waals surface area contributed by atoms with Crippen molar-refractivity contribution >= 4 is 5.97 Å². The Morgan fingerprint density at radius 3 is 2.67 bits per heavy atom. The Bertz CT molecular complexity index is 253. The van der Waals surface area contributed by atoms with Crippen LogP contribution in [0.4, 0.5) is 13.2 Å². The predicted octanol–water partition coefficient (Wildman–Crippen LogP) is 0.632. The molecular weight excluding hydrogens is 217 g/mol. The lowest BCUT2D eigenvalue weighted by Gasteiger charge is -2.35. The first-order chi connectivity index (χ1) is 6.79. The molecule has 0 amide bonds. The number of carbonyl (C=O) groups excluding carboxylic acids is 1. The Hall–Kier alpha value is -0.820. The molecule has 1 aliphatic heterocycles. The van der Waals surface area contributed by atoms with Gasteiger partial charge in [-0.3, -0.25) is 0 Å². The van der Waals surface area contributed by atoms with Crippen LogP contribution in [0.15, 0.2) is 0 Å². The SMILES string of the molecule is COC(=O)C1(O)CCOC(C(F)(F)F)C1. The minimum Gasteiger partial charge on any atom is -0.467 e. The quantitative estimate of drug-likeness (QED) is 0.669. The Balaban J connectivity index is 2.75. The van der Waals surface area contributed by atoms with Crippen LogP contribution in [0, 0.1) is 0 Å². The molecule has 7 heteroatoms. The average Bonchev–Trinajstić information content (AvgIpc) is 2.15. The minimum absolute atomic E-state index is 0.188. The molecule has 1 heterocycles. The van der Waals surface area contributed by atoms with Crippen molar-refractivity contribution in [3.8, 4) is 0 Å². The summed E-state index contributed by atoms with van der Waals surface area (Å²) in [5.41, 5.74) is -2.09. The van der Waals surface area contributed by atoms with Crippen LogP contribution in [0.1, 0.15) is 12.8 Å². The van der Waals surface area contributed by atoms with Crippen LogP contribution >= 0.6 is 0 Å². The fraction of sp³-hybridized carbons (Fsp3) is 0.875. The molecule has 88 valence electrons. The molecule has 0 aromatic carbocycles. The van der Waals surface area contributed by atoms with Crippen molar-refractivity contribution in [1.29, 1.82) is 0 Å². The van der Waals surface area contributed by atoms with E-state index in [4.69, 9.17) is 0 Å². The van der Waals surface area contributed by atoms with Gasteiger partial charge >= 0.3 is 12.1 Å². The summed E-state index contributed by atoms with van der Waals surface area (Å²) in [6.07, 6.45) is -7.70. The van der Waals surface area contributed by atoms with E-state index in [9.17, 15) is 23.1 Å². The van der Waals surface area contributed by atoms with Gasteiger partial charge in [0.15, 0.2) is 11.7 Å². The maximum Gasteiger partial charge on any atom is 0.414 e. The van der Waals surface area contributed by atoms with Gasteiger partial charge in [0.1, 0.15) is 0 Å². The summed E-state index contributed by atoms with van der Waals surface area (Å²) in [6, 6.07) is 0. The molecule has 2 atom stereocenters. The van der Waals surface area contributed by atoms with Crippen LogP contribution < -0.4 is 0 Å². The number of halogens is 3. The first kappa shape index (κ1) is 12.3. The van der Waals surface area contributed by atoms with Crippen LogP contribution in [0.2, 0.25) is 0 Å². The molecule has 0 aromatic rings. The summed E-state index contributed by atoms with van der Waals surface area (Å²) >= 11 is 0. The van der Waals surface area contributed by atoms with E-state index >= 15 is 0 Å². The van der Waals surface area contributed by atoms with Gasteiger partial charge in [-0.25, -0.2) is 4.79 Å². The van der Waals surface area contributed by atoms with Gasteiger partial charge in [-0.2, -0.15) is 13.2 Å². The van der Waals surface area contributed by atoms with Gasteiger partial charge in [-0.15, -0.1) is 0 Å². The predicted molar refractivity (Wildman–Crippen MR) is 42.0 cm³/mol. The average molecular weight is 228 g/mol. The molecule has 0 aromatic heterocycles. The van der Waals surface area contributed by atoms with Crippen molar-refractivity contribution in [2.24, 2.45) is 0 Å². The first-order valence-electron chi connectivity index (χ1n) is 4.29. The van der Waals surface area contributed by atoms with Crippen LogP contribution in [-0.2, 0) is 14.3 Å². The molecule has 1 rings (SSSR count). The first-order valence-corrected chi connectivity index (χ1v) is 4.29. The summed E-state index contributed by atoms with van der Waals surface area (Å²) in [5, 5.41) is 9.62. The van der Waals surface area contributed by atoms with E-state index in [-0.39, 0.29) is 13.0 Å². The molecule has 0 spiro atoms. The summed E-state index contributed by atoms with van der Waals surface area (Å²) in [4.78, 5) is 11.1. The largest absolute Gasteiger partial charge is 0.467 e. The molecule has 4 nitrogen and oxygen atoms in total. The van der Waals surface area contributed by atoms with Crippen LogP contribution in [0.25, 0.3) is 0 Å². The Morgan fingerprint density at radius 2 is 2.20 bits per heavy atom. The molecule has 0 radical (unpaired) electrons. The maximum absolute atomic E-state index is 12.3. The van der Waals surface area contributed by atoms with Gasteiger partial charge in [-0.1, -0.05) is 0 Å². The van der Waals surface area contributed by atoms with E-state index in [2.05, 4.69) is 9.47 Å². The molecule has 0 saturated carbocycles. The second kappa shape index (κ2) is 3.97. The highest BCUT2D eigenvalue weighted by molar-refractivity contribution is 5.79. The summed E-state index contributed by atoms with van der Waals surface area (Å²) < 4.78 is 45.5. The van der Waals surface area contributed by atoms with E-state index in [0.717, 1.165) is 7.11 Å². The molecule has 15 heavy (non-hydrogen) atoms. The highest BCUT2D eigenvalue weighted by atomic mass is 19.4. The van der Waals surface area contributed by atoms with Crippen molar-refractivity contribution in [1.82, 2.24) is 0 Å². The zero-order valence-electron chi connectivity index (χ0n) is 8.00. The molecule has 1 saturated heterocycles. The van der Waals surface area contributed by atoms with Crippen molar-refractivity contribution < 1.29 is 32.5 Å². The van der Waals surface area contributed by atoms with Gasteiger partial charge in [0.2, 0.25) is 0 Å². The van der Waals surface area contributed by atoms with Crippen molar-refractivity contribution in [3.05, 3.63) is 0 Å². The van der Waals surface area contributed by atoms with Gasteiger partial charge in [0, 0.05) is 12.8 Å². The second-order valence-electron chi connectivity index (χ2n) is 3.38. The molecule has 0 bridgehead atoms. The highest BCUT2D eigenvalue weighted by Crippen LogP contribution is 2.34.